The Kier molecular flexibility index (Phi) is 19.9. The van der Waals surface area contributed by atoms with E-state index in [2.05, 4.69) is 36.6 Å². The number of hydrogen-bond donors (Lipinski definition) is 8. The number of carbonyl (C=O) groups is 6. The summed E-state index contributed by atoms with van der Waals surface area (Å²) in [4.78, 5) is 77.8. The quantitative estimate of drug-likeness (QED) is 0.0226. The highest BCUT2D eigenvalue weighted by molar-refractivity contribution is 5.96. The second-order valence-electron chi connectivity index (χ2n) is 11.2. The monoisotopic (exact) mass is 694 g/mol. The number of benzene rings is 1. The number of carboxylic acid groups (broad SMARTS) is 1. The van der Waals surface area contributed by atoms with Gasteiger partial charge in [-0.15, -0.1) is 0 Å². The van der Waals surface area contributed by atoms with Crippen molar-refractivity contribution in [2.45, 2.75) is 64.6 Å². The number of carbonyl (C=O) groups excluding carboxylic acids is 5. The van der Waals surface area contributed by atoms with Crippen LogP contribution in [-0.4, -0.2) is 115 Å². The van der Waals surface area contributed by atoms with E-state index in [-0.39, 0.29) is 69.9 Å². The Balaban J connectivity index is 2.79. The van der Waals surface area contributed by atoms with Gasteiger partial charge in [0.25, 0.3) is 0 Å². The molecule has 0 saturated carbocycles. The lowest BCUT2D eigenvalue weighted by molar-refractivity contribution is -0.141. The number of azide groups is 1. The summed E-state index contributed by atoms with van der Waals surface area (Å²) in [6.45, 7) is 5.66. The van der Waals surface area contributed by atoms with Gasteiger partial charge in [-0.2, -0.15) is 0 Å². The van der Waals surface area contributed by atoms with Crippen molar-refractivity contribution in [3.8, 4) is 11.5 Å². The molecule has 3 atom stereocenters. The highest BCUT2D eigenvalue weighted by atomic mass is 16.5. The van der Waals surface area contributed by atoms with E-state index in [9.17, 15) is 44.1 Å². The third-order valence-corrected chi connectivity index (χ3v) is 6.53. The maximum Gasteiger partial charge on any atom is 0.305 e. The van der Waals surface area contributed by atoms with Gasteiger partial charge < -0.3 is 51.4 Å². The normalized spacial score (nSPS) is 12.5. The van der Waals surface area contributed by atoms with Crippen molar-refractivity contribution in [3.63, 3.8) is 0 Å². The Bertz CT molecular complexity index is 1320. The van der Waals surface area contributed by atoms with E-state index in [0.717, 1.165) is 6.92 Å². The first-order valence-electron chi connectivity index (χ1n) is 15.5. The van der Waals surface area contributed by atoms with E-state index in [1.165, 1.54) is 12.1 Å². The summed E-state index contributed by atoms with van der Waals surface area (Å²) < 4.78 is 10.5. The number of hydrogen-bond acceptors (Lipinski definition) is 11. The molecular weight excluding hydrogens is 648 g/mol. The highest BCUT2D eigenvalue weighted by Crippen LogP contribution is 2.24. The minimum absolute atomic E-state index is 0.00637. The fourth-order valence-corrected chi connectivity index (χ4v) is 4.26. The van der Waals surface area contributed by atoms with Gasteiger partial charge in [0.1, 0.15) is 18.1 Å². The number of carboxylic acids is 1. The number of aliphatic carboxylic acids is 1. The predicted molar refractivity (Wildman–Crippen MR) is 173 cm³/mol. The number of aromatic hydroxyl groups is 2. The fraction of sp³-hybridized carbons (Fsp3) is 0.600. The molecule has 0 bridgehead atoms. The summed E-state index contributed by atoms with van der Waals surface area (Å²) in [7, 11) is 0. The summed E-state index contributed by atoms with van der Waals surface area (Å²) in [6, 6.07) is 0.0929. The SMILES string of the molecule is CC(=O)N[C@@H](CC(=O)NCCc1ccc(O)c(O)c1)C(=O)N[C@@H](CC(C)C)C(=O)N[C@@H](CC(=O)O)C(=O)NCCOCCOCCN=[N+]=[N-]. The maximum absolute atomic E-state index is 13.3. The number of rotatable bonds is 24. The molecule has 0 aliphatic rings. The molecule has 0 radical (unpaired) electrons. The maximum atomic E-state index is 13.3. The molecule has 49 heavy (non-hydrogen) atoms. The number of nitrogens with one attached hydrogen (secondary N) is 5. The second kappa shape index (κ2) is 23.2. The minimum atomic E-state index is -1.49. The van der Waals surface area contributed by atoms with Crippen LogP contribution in [0.4, 0.5) is 0 Å². The zero-order valence-corrected chi connectivity index (χ0v) is 27.8. The van der Waals surface area contributed by atoms with Crippen molar-refractivity contribution in [3.05, 3.63) is 34.2 Å². The molecule has 8 N–H and O–H groups in total. The third kappa shape index (κ3) is 18.7. The lowest BCUT2D eigenvalue weighted by atomic mass is 10.0. The van der Waals surface area contributed by atoms with Crippen LogP contribution in [0.2, 0.25) is 0 Å². The number of phenols is 2. The van der Waals surface area contributed by atoms with Gasteiger partial charge in [-0.25, -0.2) is 0 Å². The molecule has 0 unspecified atom stereocenters. The topological polar surface area (TPSA) is 290 Å². The van der Waals surface area contributed by atoms with E-state index in [1.54, 1.807) is 19.9 Å². The summed E-state index contributed by atoms with van der Waals surface area (Å²) in [6.07, 6.45) is -0.855. The molecule has 19 nitrogen and oxygen atoms in total. The van der Waals surface area contributed by atoms with Gasteiger partial charge in [-0.05, 0) is 42.0 Å². The lowest BCUT2D eigenvalue weighted by Gasteiger charge is -2.25. The molecule has 0 aromatic heterocycles. The van der Waals surface area contributed by atoms with Crippen LogP contribution < -0.4 is 26.6 Å². The minimum Gasteiger partial charge on any atom is -0.504 e. The fourth-order valence-electron chi connectivity index (χ4n) is 4.26. The van der Waals surface area contributed by atoms with Crippen molar-refractivity contribution < 1.29 is 53.6 Å². The standard InChI is InChI=1S/C30H46N8O11/c1-18(2)14-21(29(46)37-23(17-27(43)44)28(45)33-8-10-48-12-13-49-11-9-34-38-31)36-30(47)22(35-19(3)39)16-26(42)32-7-6-20-4-5-24(40)25(41)15-20/h4-5,15,18,21-23,40-41H,6-14,16-17H2,1-3H3,(H,32,42)(H,33,45)(H,35,39)(H,36,47)(H,37,46)(H,43,44)/t21-,22-,23-/m0/s1. The van der Waals surface area contributed by atoms with Gasteiger partial charge in [-0.3, -0.25) is 28.8 Å². The van der Waals surface area contributed by atoms with Crippen LogP contribution in [0.25, 0.3) is 10.4 Å². The molecule has 0 heterocycles. The van der Waals surface area contributed by atoms with Crippen molar-refractivity contribution in [1.82, 2.24) is 26.6 Å². The van der Waals surface area contributed by atoms with Crippen LogP contribution in [0.1, 0.15) is 45.6 Å². The van der Waals surface area contributed by atoms with E-state index in [0.29, 0.717) is 12.0 Å². The van der Waals surface area contributed by atoms with Crippen LogP contribution in [-0.2, 0) is 44.7 Å². The van der Waals surface area contributed by atoms with Crippen LogP contribution in [0, 0.1) is 5.92 Å². The number of nitrogens with zero attached hydrogens (tertiary/aromatic N) is 3. The number of phenolic OH excluding ortho intramolecular Hbond substituents is 2. The molecule has 0 fully saturated rings. The Morgan fingerprint density at radius 1 is 0.816 bits per heavy atom. The zero-order chi connectivity index (χ0) is 36.8. The Labute approximate surface area is 283 Å². The van der Waals surface area contributed by atoms with Crippen molar-refractivity contribution in [2.75, 3.05) is 46.1 Å². The van der Waals surface area contributed by atoms with Crippen molar-refractivity contribution in [1.29, 1.82) is 0 Å². The van der Waals surface area contributed by atoms with Crippen LogP contribution >= 0.6 is 0 Å². The van der Waals surface area contributed by atoms with Crippen molar-refractivity contribution in [2.24, 2.45) is 11.0 Å². The predicted octanol–water partition coefficient (Wildman–Crippen LogP) is -0.399. The smallest absolute Gasteiger partial charge is 0.305 e. The van der Waals surface area contributed by atoms with E-state index >= 15 is 0 Å². The largest absolute Gasteiger partial charge is 0.504 e. The lowest BCUT2D eigenvalue weighted by Crippen LogP contribution is -2.57. The number of ether oxygens (including phenoxy) is 2. The van der Waals surface area contributed by atoms with Crippen LogP contribution in [0.15, 0.2) is 23.3 Å². The molecule has 1 rings (SSSR count). The molecule has 0 aliphatic heterocycles. The van der Waals surface area contributed by atoms with Gasteiger partial charge in [0.05, 0.1) is 39.3 Å². The van der Waals surface area contributed by atoms with Crippen LogP contribution in [0.5, 0.6) is 11.5 Å². The van der Waals surface area contributed by atoms with E-state index < -0.39 is 66.5 Å². The first kappa shape index (κ1) is 41.9. The zero-order valence-electron chi connectivity index (χ0n) is 27.8. The second-order valence-corrected chi connectivity index (χ2v) is 11.2. The summed E-state index contributed by atoms with van der Waals surface area (Å²) >= 11 is 0. The van der Waals surface area contributed by atoms with E-state index in [1.807, 2.05) is 0 Å². The highest BCUT2D eigenvalue weighted by Gasteiger charge is 2.31. The molecule has 272 valence electrons. The molecule has 19 heteroatoms. The third-order valence-electron chi connectivity index (χ3n) is 6.53. The average Bonchev–Trinajstić information content (AvgIpc) is 3.01. The number of amides is 5. The molecule has 1 aromatic rings. The van der Waals surface area contributed by atoms with Gasteiger partial charge in [0.2, 0.25) is 29.5 Å². The van der Waals surface area contributed by atoms with E-state index in [4.69, 9.17) is 15.0 Å². The van der Waals surface area contributed by atoms with Gasteiger partial charge in [0.15, 0.2) is 11.5 Å². The molecular formula is C30H46N8O11. The summed E-state index contributed by atoms with van der Waals surface area (Å²) in [5, 5.41) is 44.1. The average molecular weight is 695 g/mol. The first-order chi connectivity index (χ1) is 23.2. The molecule has 0 spiro atoms. The Morgan fingerprint density at radius 3 is 2.06 bits per heavy atom. The summed E-state index contributed by atoms with van der Waals surface area (Å²) in [5.41, 5.74) is 8.83. The molecule has 0 aliphatic carbocycles. The summed E-state index contributed by atoms with van der Waals surface area (Å²) in [5.74, 6) is -5.82. The Morgan fingerprint density at radius 2 is 1.45 bits per heavy atom. The van der Waals surface area contributed by atoms with Gasteiger partial charge >= 0.3 is 5.97 Å². The molecule has 0 saturated heterocycles. The molecule has 5 amide bonds. The first-order valence-corrected chi connectivity index (χ1v) is 15.5. The van der Waals surface area contributed by atoms with Crippen LogP contribution in [0.3, 0.4) is 0 Å². The van der Waals surface area contributed by atoms with Gasteiger partial charge in [-0.1, -0.05) is 25.0 Å². The van der Waals surface area contributed by atoms with Gasteiger partial charge in [0, 0.05) is 31.5 Å². The Hall–Kier alpha value is -5.13. The molecule has 1 aromatic carbocycles. The van der Waals surface area contributed by atoms with Crippen molar-refractivity contribution >= 4 is 35.5 Å².